The van der Waals surface area contributed by atoms with Crippen LogP contribution in [-0.4, -0.2) is 23.6 Å². The van der Waals surface area contributed by atoms with E-state index >= 15 is 0 Å². The fraction of sp³-hybridized carbons (Fsp3) is 0. The summed E-state index contributed by atoms with van der Waals surface area (Å²) in [4.78, 5) is 8.36. The van der Waals surface area contributed by atoms with E-state index in [0.717, 1.165) is 0 Å². The molecule has 0 aliphatic carbocycles. The van der Waals surface area contributed by atoms with Gasteiger partial charge in [-0.25, -0.2) is 0 Å². The van der Waals surface area contributed by atoms with Gasteiger partial charge in [0.05, 0.1) is 0 Å². The molecule has 0 amide bonds. The molecule has 0 unspecified atom stereocenters. The Hall–Kier alpha value is 1.49. The van der Waals surface area contributed by atoms with Gasteiger partial charge < -0.3 is 14.3 Å². The second kappa shape index (κ2) is 11.5. The average molecular weight is 221 g/mol. The zero-order valence-corrected chi connectivity index (χ0v) is 11.4. The monoisotopic (exact) mass is 221 g/mol. The largest absolute Gasteiger partial charge is 1.00 e. The van der Waals surface area contributed by atoms with Crippen molar-refractivity contribution in [3.05, 3.63) is 10.1 Å². The maximum Gasteiger partial charge on any atom is 1.00 e. The van der Waals surface area contributed by atoms with E-state index in [2.05, 4.69) is 11.2 Å². The van der Waals surface area contributed by atoms with E-state index in [1.54, 1.807) is 0 Å². The van der Waals surface area contributed by atoms with Gasteiger partial charge in [0.2, 0.25) is 0 Å². The first kappa shape index (κ1) is 22.9. The van der Waals surface area contributed by atoms with E-state index in [1.165, 1.54) is 0 Å². The smallest absolute Gasteiger partial charge is 0.780 e. The van der Waals surface area contributed by atoms with Gasteiger partial charge in [-0.15, -0.1) is 19.2 Å². The zero-order chi connectivity index (χ0) is 8.08. The fourth-order valence-electron chi connectivity index (χ4n) is 0. The van der Waals surface area contributed by atoms with Crippen molar-refractivity contribution in [2.24, 2.45) is 0 Å². The number of rotatable bonds is 0. The van der Waals surface area contributed by atoms with Crippen LogP contribution in [0.1, 0.15) is 0 Å². The average Bonchev–Trinajstić information content (AvgIpc) is 1.19. The summed E-state index contributed by atoms with van der Waals surface area (Å²) in [6.45, 7) is 0. The Morgan fingerprint density at radius 2 is 1.36 bits per heavy atom. The summed E-state index contributed by atoms with van der Waals surface area (Å²) in [5.74, 6) is 0. The first-order valence-electron chi connectivity index (χ1n) is 1.23. The van der Waals surface area contributed by atoms with Gasteiger partial charge in [0.1, 0.15) is 0 Å². The third-order valence-electron chi connectivity index (χ3n) is 0. The van der Waals surface area contributed by atoms with Crippen LogP contribution in [0, 0.1) is 10.1 Å². The first-order valence-corrected chi connectivity index (χ1v) is 3.57. The molecule has 0 aromatic heterocycles. The Balaban J connectivity index is -0.0000000383. The summed E-state index contributed by atoms with van der Waals surface area (Å²) in [5, 5.41) is 13.6. The minimum atomic E-state index is -4.33. The quantitative estimate of drug-likeness (QED) is 0.244. The molecule has 0 aromatic rings. The minimum Gasteiger partial charge on any atom is -0.780 e. The van der Waals surface area contributed by atoms with Crippen molar-refractivity contribution in [3.8, 4) is 0 Å². The fourth-order valence-corrected chi connectivity index (χ4v) is 0. The predicted octanol–water partition coefficient (Wildman–Crippen LogP) is -7.35. The van der Waals surface area contributed by atoms with E-state index in [0.29, 0.717) is 0 Å². The van der Waals surface area contributed by atoms with Gasteiger partial charge in [0.15, 0.2) is 0 Å². The summed E-state index contributed by atoms with van der Waals surface area (Å²) in [6, 6.07) is 0. The number of nitrogens with zero attached hydrogens (tertiary/aromatic N) is 1. The normalized spacial score (nSPS) is 7.45. The van der Waals surface area contributed by atoms with Crippen molar-refractivity contribution in [2.75, 3.05) is 0 Å². The molecule has 7 nitrogen and oxygen atoms in total. The second-order valence-electron chi connectivity index (χ2n) is 0.646. The Morgan fingerprint density at radius 1 is 1.36 bits per heavy atom. The Labute approximate surface area is 112 Å². The van der Waals surface area contributed by atoms with Crippen molar-refractivity contribution in [3.63, 3.8) is 0 Å². The van der Waals surface area contributed by atoms with Crippen LogP contribution in [0.15, 0.2) is 0 Å². The summed E-state index contributed by atoms with van der Waals surface area (Å²) < 4.78 is 26.7. The first-order chi connectivity index (χ1) is 3.73. The van der Waals surface area contributed by atoms with Gasteiger partial charge in [0.25, 0.3) is 5.09 Å². The second-order valence-corrected chi connectivity index (χ2v) is 2.69. The molecule has 0 fully saturated rings. The van der Waals surface area contributed by atoms with E-state index in [-0.39, 0.29) is 59.1 Å². The van der Waals surface area contributed by atoms with E-state index < -0.39 is 14.1 Å². The third kappa shape index (κ3) is 466. The zero-order valence-electron chi connectivity index (χ0n) is 5.75. The van der Waals surface area contributed by atoms with Crippen LogP contribution in [0.25, 0.3) is 0 Å². The minimum absolute atomic E-state index is 0. The van der Waals surface area contributed by atoms with Gasteiger partial charge in [-0.3, -0.25) is 4.21 Å². The van der Waals surface area contributed by atoms with Gasteiger partial charge in [-0.1, -0.05) is 0 Å². The Kier molecular flexibility index (Phi) is 23.9. The van der Waals surface area contributed by atoms with Crippen molar-refractivity contribution < 1.29 is 82.7 Å². The third-order valence-corrected chi connectivity index (χ3v) is 0. The van der Waals surface area contributed by atoms with Crippen LogP contribution in [-0.2, 0) is 20.2 Å². The molecule has 0 aromatic carbocycles. The van der Waals surface area contributed by atoms with Crippen LogP contribution in [0.4, 0.5) is 0 Å². The van der Waals surface area contributed by atoms with Gasteiger partial charge >= 0.3 is 59.1 Å². The molecule has 0 spiro atoms. The molecular weight excluding hydrogens is 220 g/mol. The summed E-state index contributed by atoms with van der Waals surface area (Å²) in [5.41, 5.74) is 0. The molecule has 0 aliphatic heterocycles. The summed E-state index contributed by atoms with van der Waals surface area (Å²) in [6.07, 6.45) is 0. The van der Waals surface area contributed by atoms with Gasteiger partial charge in [-0.2, -0.15) is 0 Å². The maximum atomic E-state index is 8.89. The molecule has 11 heteroatoms. The Bertz CT molecular complexity index is 161. The van der Waals surface area contributed by atoms with E-state index in [9.17, 15) is 0 Å². The summed E-state index contributed by atoms with van der Waals surface area (Å²) >= 11 is 3.24. The standard InChI is InChI=1S/HNO3.2Na.H2O3S2/c2-1(3)4;;;1-5(2,3)4/h(H,2,3,4);;;(H2,1,2,3,4)/q;2*+1;/p-2. The van der Waals surface area contributed by atoms with Crippen molar-refractivity contribution in [1.29, 1.82) is 0 Å². The van der Waals surface area contributed by atoms with Crippen LogP contribution >= 0.6 is 0 Å². The molecule has 0 heterocycles. The molecular formula is HNNa2O6S2. The topological polar surface area (TPSA) is 127 Å². The van der Waals surface area contributed by atoms with E-state index in [1.807, 2.05) is 0 Å². The maximum absolute atomic E-state index is 8.89. The number of hydrogen-bond acceptors (Lipinski definition) is 6. The molecule has 1 N–H and O–H groups in total. The van der Waals surface area contributed by atoms with E-state index in [4.69, 9.17) is 28.6 Å². The van der Waals surface area contributed by atoms with Crippen LogP contribution in [0.5, 0.6) is 0 Å². The van der Waals surface area contributed by atoms with Gasteiger partial charge in [-0.05, 0) is 11.2 Å². The Morgan fingerprint density at radius 3 is 1.36 bits per heavy atom. The van der Waals surface area contributed by atoms with Crippen LogP contribution in [0.2, 0.25) is 0 Å². The van der Waals surface area contributed by atoms with Crippen molar-refractivity contribution in [2.45, 2.75) is 0 Å². The SMILES string of the molecule is O=S([O-])([O-])=S.O=[N+]([O-])O.[Na+].[Na+]. The predicted molar refractivity (Wildman–Crippen MR) is 25.8 cm³/mol. The molecule has 0 rings (SSSR count). The van der Waals surface area contributed by atoms with Crippen LogP contribution < -0.4 is 59.1 Å². The van der Waals surface area contributed by atoms with Crippen LogP contribution in [0.3, 0.4) is 0 Å². The molecule has 0 atom stereocenters. The molecule has 0 saturated heterocycles. The molecule has 0 bridgehead atoms. The molecule has 56 valence electrons. The van der Waals surface area contributed by atoms with Gasteiger partial charge in [0, 0.05) is 0 Å². The van der Waals surface area contributed by atoms with Crippen molar-refractivity contribution in [1.82, 2.24) is 0 Å². The molecule has 0 radical (unpaired) electrons. The van der Waals surface area contributed by atoms with Crippen molar-refractivity contribution >= 4 is 20.2 Å². The number of hydrogen-bond donors (Lipinski definition) is 1. The molecule has 0 saturated carbocycles. The molecule has 11 heavy (non-hydrogen) atoms. The summed E-state index contributed by atoms with van der Waals surface area (Å²) in [7, 11) is -4.33. The molecule has 0 aliphatic rings.